The van der Waals surface area contributed by atoms with Gasteiger partial charge in [0.2, 0.25) is 5.88 Å². The van der Waals surface area contributed by atoms with Crippen LogP contribution in [0.4, 0.5) is 5.69 Å². The zero-order chi connectivity index (χ0) is 18.8. The summed E-state index contributed by atoms with van der Waals surface area (Å²) in [5, 5.41) is 12.1. The molecular formula is C22H17N3O2. The summed E-state index contributed by atoms with van der Waals surface area (Å²) in [6.45, 7) is 1.97. The summed E-state index contributed by atoms with van der Waals surface area (Å²) in [6, 6.07) is 18.2. The summed E-state index contributed by atoms with van der Waals surface area (Å²) in [5.74, 6) is -0.139. The number of hydrogen-bond acceptors (Lipinski definition) is 4. The predicted molar refractivity (Wildman–Crippen MR) is 107 cm³/mol. The summed E-state index contributed by atoms with van der Waals surface area (Å²) in [4.78, 5) is 21.4. The van der Waals surface area contributed by atoms with E-state index in [1.165, 1.54) is 4.57 Å². The summed E-state index contributed by atoms with van der Waals surface area (Å²) in [6.07, 6.45) is 4.88. The molecule has 5 nitrogen and oxygen atoms in total. The molecule has 0 radical (unpaired) electrons. The number of aromatic hydroxyl groups is 1. The van der Waals surface area contributed by atoms with Gasteiger partial charge in [-0.05, 0) is 37.3 Å². The van der Waals surface area contributed by atoms with Gasteiger partial charge in [0.25, 0.3) is 5.56 Å². The maximum atomic E-state index is 13.0. The van der Waals surface area contributed by atoms with Gasteiger partial charge in [0.1, 0.15) is 0 Å². The number of fused-ring (bicyclic) bond motifs is 1. The minimum absolute atomic E-state index is 0.139. The van der Waals surface area contributed by atoms with Crippen LogP contribution in [-0.2, 0) is 0 Å². The highest BCUT2D eigenvalue weighted by molar-refractivity contribution is 6.02. The van der Waals surface area contributed by atoms with Gasteiger partial charge in [-0.15, -0.1) is 0 Å². The van der Waals surface area contributed by atoms with Crippen molar-refractivity contribution < 1.29 is 5.11 Å². The topological polar surface area (TPSA) is 67.5 Å². The van der Waals surface area contributed by atoms with Crippen LogP contribution in [0.1, 0.15) is 11.1 Å². The molecule has 2 aromatic heterocycles. The lowest BCUT2D eigenvalue weighted by Gasteiger charge is -2.13. The molecule has 0 spiro atoms. The van der Waals surface area contributed by atoms with E-state index in [0.29, 0.717) is 27.7 Å². The van der Waals surface area contributed by atoms with Gasteiger partial charge >= 0.3 is 0 Å². The number of hydrogen-bond donors (Lipinski definition) is 1. The summed E-state index contributed by atoms with van der Waals surface area (Å²) < 4.78 is 1.32. The molecule has 0 fully saturated rings. The number of benzene rings is 2. The lowest BCUT2D eigenvalue weighted by Crippen LogP contribution is -2.20. The number of aryl methyl sites for hydroxylation is 1. The summed E-state index contributed by atoms with van der Waals surface area (Å²) >= 11 is 0. The number of aromatic nitrogens is 2. The van der Waals surface area contributed by atoms with Gasteiger partial charge in [-0.3, -0.25) is 14.8 Å². The van der Waals surface area contributed by atoms with Crippen LogP contribution in [0.15, 0.2) is 82.8 Å². The van der Waals surface area contributed by atoms with Crippen LogP contribution in [0, 0.1) is 6.92 Å². The zero-order valence-electron chi connectivity index (χ0n) is 14.7. The average molecular weight is 355 g/mol. The van der Waals surface area contributed by atoms with Crippen LogP contribution in [0.3, 0.4) is 0 Å². The van der Waals surface area contributed by atoms with Crippen molar-refractivity contribution in [3.05, 3.63) is 94.5 Å². The van der Waals surface area contributed by atoms with Crippen molar-refractivity contribution in [1.29, 1.82) is 0 Å². The molecule has 0 atom stereocenters. The molecule has 1 N–H and O–H groups in total. The fourth-order valence-electron chi connectivity index (χ4n) is 2.99. The fourth-order valence-corrected chi connectivity index (χ4v) is 2.99. The van der Waals surface area contributed by atoms with Crippen molar-refractivity contribution in [2.75, 3.05) is 0 Å². The van der Waals surface area contributed by atoms with Crippen LogP contribution < -0.4 is 5.56 Å². The first-order valence-electron chi connectivity index (χ1n) is 8.53. The Labute approximate surface area is 155 Å². The SMILES string of the molecule is Cc1ccc(-n2c(O)c(C=Nc3ccncc3)c3ccccc3c2=O)cc1. The van der Waals surface area contributed by atoms with Gasteiger partial charge in [-0.1, -0.05) is 35.9 Å². The molecule has 4 rings (SSSR count). The van der Waals surface area contributed by atoms with Crippen LogP contribution >= 0.6 is 0 Å². The van der Waals surface area contributed by atoms with Gasteiger partial charge in [0, 0.05) is 29.4 Å². The van der Waals surface area contributed by atoms with E-state index in [1.807, 2.05) is 49.4 Å². The van der Waals surface area contributed by atoms with E-state index >= 15 is 0 Å². The zero-order valence-corrected chi connectivity index (χ0v) is 14.7. The third kappa shape index (κ3) is 3.11. The molecule has 0 aliphatic rings. The third-order valence-corrected chi connectivity index (χ3v) is 4.40. The van der Waals surface area contributed by atoms with E-state index in [4.69, 9.17) is 0 Å². The average Bonchev–Trinajstić information content (AvgIpc) is 2.70. The van der Waals surface area contributed by atoms with Crippen molar-refractivity contribution in [3.8, 4) is 11.6 Å². The first-order chi connectivity index (χ1) is 13.1. The summed E-state index contributed by atoms with van der Waals surface area (Å²) in [5.41, 5.74) is 2.61. The monoisotopic (exact) mass is 355 g/mol. The molecule has 132 valence electrons. The standard InChI is InChI=1S/C22H17N3O2/c1-15-6-8-17(9-7-15)25-21(26)19-5-3-2-4-18(19)20(22(25)27)14-24-16-10-12-23-13-11-16/h2-14,27H,1H3. The van der Waals surface area contributed by atoms with Crippen LogP contribution in [0.25, 0.3) is 16.5 Å². The van der Waals surface area contributed by atoms with Gasteiger partial charge in [0.15, 0.2) is 0 Å². The molecule has 2 aromatic carbocycles. The van der Waals surface area contributed by atoms with Crippen LogP contribution in [-0.4, -0.2) is 20.9 Å². The maximum Gasteiger partial charge on any atom is 0.265 e. The van der Waals surface area contributed by atoms with E-state index in [0.717, 1.165) is 5.56 Å². The van der Waals surface area contributed by atoms with Gasteiger partial charge in [-0.2, -0.15) is 0 Å². The molecular weight excluding hydrogens is 338 g/mol. The lowest BCUT2D eigenvalue weighted by molar-refractivity contribution is 0.436. The van der Waals surface area contributed by atoms with Crippen LogP contribution in [0.5, 0.6) is 5.88 Å². The first-order valence-corrected chi connectivity index (χ1v) is 8.53. The molecule has 4 aromatic rings. The Hall–Kier alpha value is -3.73. The van der Waals surface area contributed by atoms with E-state index in [9.17, 15) is 9.90 Å². The van der Waals surface area contributed by atoms with E-state index in [1.54, 1.807) is 36.8 Å². The highest BCUT2D eigenvalue weighted by atomic mass is 16.3. The molecule has 0 unspecified atom stereocenters. The molecule has 27 heavy (non-hydrogen) atoms. The first kappa shape index (κ1) is 16.7. The van der Waals surface area contributed by atoms with Crippen LogP contribution in [0.2, 0.25) is 0 Å². The van der Waals surface area contributed by atoms with Gasteiger partial charge < -0.3 is 5.11 Å². The quantitative estimate of drug-likeness (QED) is 0.561. The van der Waals surface area contributed by atoms with Crippen molar-refractivity contribution in [2.45, 2.75) is 6.92 Å². The fraction of sp³-hybridized carbons (Fsp3) is 0.0455. The molecule has 0 saturated carbocycles. The minimum Gasteiger partial charge on any atom is -0.494 e. The Morgan fingerprint density at radius 1 is 0.963 bits per heavy atom. The predicted octanol–water partition coefficient (Wildman–Crippen LogP) is 4.15. The highest BCUT2D eigenvalue weighted by Crippen LogP contribution is 2.26. The molecule has 5 heteroatoms. The number of aliphatic imine (C=N–C) groups is 1. The van der Waals surface area contributed by atoms with Crippen molar-refractivity contribution >= 4 is 22.7 Å². The van der Waals surface area contributed by atoms with Gasteiger partial charge in [-0.25, -0.2) is 4.57 Å². The van der Waals surface area contributed by atoms with Crippen molar-refractivity contribution in [1.82, 2.24) is 9.55 Å². The lowest BCUT2D eigenvalue weighted by atomic mass is 10.1. The van der Waals surface area contributed by atoms with Gasteiger partial charge in [0.05, 0.1) is 16.9 Å². The molecule has 0 saturated heterocycles. The second kappa shape index (κ2) is 6.88. The highest BCUT2D eigenvalue weighted by Gasteiger charge is 2.16. The third-order valence-electron chi connectivity index (χ3n) is 4.40. The number of rotatable bonds is 3. The van der Waals surface area contributed by atoms with Crippen molar-refractivity contribution in [2.24, 2.45) is 4.99 Å². The Bertz CT molecular complexity index is 1190. The normalized spacial score (nSPS) is 11.3. The maximum absolute atomic E-state index is 13.0. The Morgan fingerprint density at radius 3 is 2.33 bits per heavy atom. The van der Waals surface area contributed by atoms with E-state index in [2.05, 4.69) is 9.98 Å². The number of pyridine rings is 2. The molecule has 2 heterocycles. The Balaban J connectivity index is 1.99. The molecule has 0 aliphatic heterocycles. The van der Waals surface area contributed by atoms with E-state index in [-0.39, 0.29) is 11.4 Å². The largest absolute Gasteiger partial charge is 0.494 e. The Morgan fingerprint density at radius 2 is 1.63 bits per heavy atom. The second-order valence-electron chi connectivity index (χ2n) is 6.22. The smallest absolute Gasteiger partial charge is 0.265 e. The second-order valence-corrected chi connectivity index (χ2v) is 6.22. The molecule has 0 aliphatic carbocycles. The Kier molecular flexibility index (Phi) is 4.26. The van der Waals surface area contributed by atoms with Crippen molar-refractivity contribution in [3.63, 3.8) is 0 Å². The number of nitrogens with zero attached hydrogens (tertiary/aromatic N) is 3. The molecule has 0 bridgehead atoms. The minimum atomic E-state index is -0.270. The summed E-state index contributed by atoms with van der Waals surface area (Å²) in [7, 11) is 0. The molecule has 0 amide bonds. The van der Waals surface area contributed by atoms with E-state index < -0.39 is 0 Å².